The van der Waals surface area contributed by atoms with Crippen molar-refractivity contribution >= 4 is 0 Å². The van der Waals surface area contributed by atoms with E-state index in [1.165, 1.54) is 34.2 Å². The topological polar surface area (TPSA) is 18.5 Å². The second-order valence-electron chi connectivity index (χ2n) is 7.42. The summed E-state index contributed by atoms with van der Waals surface area (Å²) in [6.07, 6.45) is 6.75. The highest BCUT2D eigenvalue weighted by Gasteiger charge is 2.44. The van der Waals surface area contributed by atoms with E-state index in [0.29, 0.717) is 12.7 Å². The molecule has 4 rings (SSSR count). The molecular weight excluding hydrogens is 308 g/mol. The summed E-state index contributed by atoms with van der Waals surface area (Å²) in [6, 6.07) is 15.8. The molecule has 1 spiro atoms. The fourth-order valence-electron chi connectivity index (χ4n) is 4.16. The molecule has 2 aliphatic heterocycles. The number of ether oxygens (including phenoxy) is 2. The fraction of sp³-hybridized carbons (Fsp3) is 0.478. The Morgan fingerprint density at radius 1 is 1.00 bits per heavy atom. The van der Waals surface area contributed by atoms with Crippen LogP contribution in [-0.2, 0) is 34.7 Å². The van der Waals surface area contributed by atoms with Crippen molar-refractivity contribution in [3.05, 3.63) is 70.3 Å². The Morgan fingerprint density at radius 3 is 2.52 bits per heavy atom. The quantitative estimate of drug-likeness (QED) is 0.734. The Labute approximate surface area is 151 Å². The third-order valence-electron chi connectivity index (χ3n) is 5.73. The highest BCUT2D eigenvalue weighted by molar-refractivity contribution is 5.40. The number of hydrogen-bond donors (Lipinski definition) is 0. The normalized spacial score (nSPS) is 25.3. The van der Waals surface area contributed by atoms with Gasteiger partial charge >= 0.3 is 0 Å². The molecule has 2 nitrogen and oxygen atoms in total. The molecule has 1 fully saturated rings. The maximum atomic E-state index is 6.42. The van der Waals surface area contributed by atoms with Crippen LogP contribution in [0, 0.1) is 0 Å². The smallest absolute Gasteiger partial charge is 0.195 e. The zero-order valence-corrected chi connectivity index (χ0v) is 15.4. The minimum absolute atomic E-state index is 0.324. The molecule has 2 aromatic rings. The van der Waals surface area contributed by atoms with Gasteiger partial charge in [0.1, 0.15) is 0 Å². The van der Waals surface area contributed by atoms with Gasteiger partial charge in [-0.25, -0.2) is 0 Å². The van der Waals surface area contributed by atoms with Gasteiger partial charge in [0, 0.05) is 12.0 Å². The summed E-state index contributed by atoms with van der Waals surface area (Å²) < 4.78 is 12.6. The van der Waals surface area contributed by atoms with Crippen molar-refractivity contribution < 1.29 is 9.47 Å². The Hall–Kier alpha value is -1.64. The Kier molecular flexibility index (Phi) is 4.66. The predicted octanol–water partition coefficient (Wildman–Crippen LogP) is 5.50. The lowest BCUT2D eigenvalue weighted by Gasteiger charge is -2.38. The SMILES string of the molecule is CCc1ccc(Cc2ccc3c(c2)[C@]2(CCCC(CC)O2)OC3)cc1. The minimum Gasteiger partial charge on any atom is -0.343 e. The monoisotopic (exact) mass is 336 g/mol. The largest absolute Gasteiger partial charge is 0.343 e. The second kappa shape index (κ2) is 6.93. The Morgan fingerprint density at radius 2 is 1.76 bits per heavy atom. The van der Waals surface area contributed by atoms with Gasteiger partial charge in [-0.2, -0.15) is 0 Å². The van der Waals surface area contributed by atoms with Crippen molar-refractivity contribution in [2.45, 2.75) is 70.9 Å². The lowest BCUT2D eigenvalue weighted by molar-refractivity contribution is -0.283. The van der Waals surface area contributed by atoms with Gasteiger partial charge < -0.3 is 9.47 Å². The highest BCUT2D eigenvalue weighted by Crippen LogP contribution is 2.46. The summed E-state index contributed by atoms with van der Waals surface area (Å²) in [7, 11) is 0. The summed E-state index contributed by atoms with van der Waals surface area (Å²) in [4.78, 5) is 0. The number of aryl methyl sites for hydroxylation is 1. The van der Waals surface area contributed by atoms with E-state index >= 15 is 0 Å². The fourth-order valence-corrected chi connectivity index (χ4v) is 4.16. The highest BCUT2D eigenvalue weighted by atomic mass is 16.7. The number of fused-ring (bicyclic) bond motifs is 2. The Bertz CT molecular complexity index is 730. The van der Waals surface area contributed by atoms with Crippen LogP contribution in [0.4, 0.5) is 0 Å². The van der Waals surface area contributed by atoms with Crippen molar-refractivity contribution in [1.29, 1.82) is 0 Å². The first-order valence-corrected chi connectivity index (χ1v) is 9.74. The molecule has 0 saturated carbocycles. The van der Waals surface area contributed by atoms with E-state index < -0.39 is 5.79 Å². The molecule has 0 N–H and O–H groups in total. The van der Waals surface area contributed by atoms with E-state index in [4.69, 9.17) is 9.47 Å². The maximum Gasteiger partial charge on any atom is 0.195 e. The van der Waals surface area contributed by atoms with Crippen molar-refractivity contribution in [3.63, 3.8) is 0 Å². The first kappa shape index (κ1) is 16.8. The standard InChI is InChI=1S/C23H28O2/c1-3-17-7-9-18(10-8-17)14-19-11-12-20-16-24-23(22(20)15-19)13-5-6-21(4-2)25-23/h7-12,15,21H,3-6,13-14,16H2,1-2H3/t21?,23-/m1/s1. The summed E-state index contributed by atoms with van der Waals surface area (Å²) in [5.41, 5.74) is 6.66. The first-order chi connectivity index (χ1) is 12.2. The van der Waals surface area contributed by atoms with Crippen LogP contribution in [0.2, 0.25) is 0 Å². The van der Waals surface area contributed by atoms with E-state index in [-0.39, 0.29) is 0 Å². The third kappa shape index (κ3) is 3.26. The second-order valence-corrected chi connectivity index (χ2v) is 7.42. The molecule has 0 aromatic heterocycles. The summed E-state index contributed by atoms with van der Waals surface area (Å²) in [5, 5.41) is 0. The van der Waals surface area contributed by atoms with Crippen molar-refractivity contribution in [3.8, 4) is 0 Å². The van der Waals surface area contributed by atoms with Crippen LogP contribution in [0.3, 0.4) is 0 Å². The Balaban J connectivity index is 1.59. The van der Waals surface area contributed by atoms with Crippen molar-refractivity contribution in [2.24, 2.45) is 0 Å². The molecule has 1 unspecified atom stereocenters. The van der Waals surface area contributed by atoms with E-state index in [1.54, 1.807) is 0 Å². The maximum absolute atomic E-state index is 6.42. The molecule has 2 aromatic carbocycles. The number of hydrogen-bond acceptors (Lipinski definition) is 2. The lowest BCUT2D eigenvalue weighted by atomic mass is 9.90. The van der Waals surface area contributed by atoms with Gasteiger partial charge in [0.2, 0.25) is 0 Å². The van der Waals surface area contributed by atoms with Gasteiger partial charge in [0.15, 0.2) is 5.79 Å². The van der Waals surface area contributed by atoms with Crippen LogP contribution in [0.5, 0.6) is 0 Å². The molecule has 0 amide bonds. The minimum atomic E-state index is -0.490. The molecule has 2 heterocycles. The molecule has 0 bridgehead atoms. The summed E-state index contributed by atoms with van der Waals surface area (Å²) in [6.45, 7) is 5.08. The summed E-state index contributed by atoms with van der Waals surface area (Å²) in [5.74, 6) is -0.490. The van der Waals surface area contributed by atoms with Crippen LogP contribution in [0.1, 0.15) is 67.3 Å². The molecular formula is C23H28O2. The molecule has 2 heteroatoms. The summed E-state index contributed by atoms with van der Waals surface area (Å²) >= 11 is 0. The third-order valence-corrected chi connectivity index (χ3v) is 5.73. The van der Waals surface area contributed by atoms with E-state index in [2.05, 4.69) is 56.3 Å². The van der Waals surface area contributed by atoms with E-state index in [1.807, 2.05) is 0 Å². The molecule has 1 saturated heterocycles. The van der Waals surface area contributed by atoms with Crippen LogP contribution in [-0.4, -0.2) is 6.10 Å². The number of benzene rings is 2. The van der Waals surface area contributed by atoms with Gasteiger partial charge in [-0.1, -0.05) is 50.2 Å². The van der Waals surface area contributed by atoms with Crippen LogP contribution < -0.4 is 0 Å². The van der Waals surface area contributed by atoms with Crippen LogP contribution >= 0.6 is 0 Å². The van der Waals surface area contributed by atoms with E-state index in [0.717, 1.165) is 32.1 Å². The first-order valence-electron chi connectivity index (χ1n) is 9.74. The predicted molar refractivity (Wildman–Crippen MR) is 101 cm³/mol. The molecule has 2 aliphatic rings. The van der Waals surface area contributed by atoms with Gasteiger partial charge in [0.05, 0.1) is 12.7 Å². The van der Waals surface area contributed by atoms with Gasteiger partial charge in [-0.15, -0.1) is 0 Å². The van der Waals surface area contributed by atoms with Gasteiger partial charge in [-0.3, -0.25) is 0 Å². The average Bonchev–Trinajstić information content (AvgIpc) is 3.00. The lowest BCUT2D eigenvalue weighted by Crippen LogP contribution is -2.37. The van der Waals surface area contributed by atoms with Crippen molar-refractivity contribution in [2.75, 3.05) is 0 Å². The van der Waals surface area contributed by atoms with Crippen LogP contribution in [0.25, 0.3) is 0 Å². The average molecular weight is 336 g/mol. The van der Waals surface area contributed by atoms with E-state index in [9.17, 15) is 0 Å². The molecule has 0 aliphatic carbocycles. The van der Waals surface area contributed by atoms with Gasteiger partial charge in [-0.05, 0) is 60.4 Å². The van der Waals surface area contributed by atoms with Crippen molar-refractivity contribution in [1.82, 2.24) is 0 Å². The molecule has 25 heavy (non-hydrogen) atoms. The molecule has 132 valence electrons. The van der Waals surface area contributed by atoms with Gasteiger partial charge in [0.25, 0.3) is 0 Å². The molecule has 2 atom stereocenters. The number of rotatable bonds is 4. The zero-order valence-electron chi connectivity index (χ0n) is 15.4. The molecule has 0 radical (unpaired) electrons. The zero-order chi connectivity index (χ0) is 17.3. The van der Waals surface area contributed by atoms with Crippen LogP contribution in [0.15, 0.2) is 42.5 Å².